The topological polar surface area (TPSA) is 66.0 Å². The lowest BCUT2D eigenvalue weighted by Gasteiger charge is -2.10. The Labute approximate surface area is 83.3 Å². The summed E-state index contributed by atoms with van der Waals surface area (Å²) in [6.07, 6.45) is 4.96. The van der Waals surface area contributed by atoms with Gasteiger partial charge in [-0.1, -0.05) is 0 Å². The van der Waals surface area contributed by atoms with Crippen molar-refractivity contribution in [3.05, 3.63) is 12.2 Å². The maximum atomic E-state index is 5.79. The minimum atomic E-state index is 0.307. The van der Waals surface area contributed by atoms with Gasteiger partial charge in [-0.2, -0.15) is 5.10 Å². The van der Waals surface area contributed by atoms with Crippen LogP contribution in [0.2, 0.25) is 0 Å². The highest BCUT2D eigenvalue weighted by molar-refractivity contribution is 4.82. The van der Waals surface area contributed by atoms with Crippen molar-refractivity contribution < 1.29 is 4.74 Å². The lowest BCUT2D eigenvalue weighted by atomic mass is 10.3. The number of ether oxygens (including phenoxy) is 1. The Balaban J connectivity index is 1.80. The minimum absolute atomic E-state index is 0.307. The van der Waals surface area contributed by atoms with Crippen molar-refractivity contribution in [2.45, 2.75) is 38.0 Å². The maximum absolute atomic E-state index is 5.79. The van der Waals surface area contributed by atoms with Crippen molar-refractivity contribution in [3.8, 4) is 0 Å². The van der Waals surface area contributed by atoms with Crippen LogP contribution in [0.15, 0.2) is 6.33 Å². The third-order valence-electron chi connectivity index (χ3n) is 2.68. The molecule has 14 heavy (non-hydrogen) atoms. The van der Waals surface area contributed by atoms with E-state index in [1.54, 1.807) is 11.0 Å². The average Bonchev–Trinajstić information content (AvgIpc) is 2.72. The first-order valence-electron chi connectivity index (χ1n) is 4.96. The van der Waals surface area contributed by atoms with Gasteiger partial charge >= 0.3 is 0 Å². The largest absolute Gasteiger partial charge is 0.370 e. The van der Waals surface area contributed by atoms with Crippen LogP contribution in [-0.2, 0) is 18.4 Å². The van der Waals surface area contributed by atoms with Crippen molar-refractivity contribution in [2.24, 2.45) is 12.8 Å². The fraction of sp³-hybridized carbons (Fsp3) is 0.778. The van der Waals surface area contributed by atoms with E-state index >= 15 is 0 Å². The van der Waals surface area contributed by atoms with Gasteiger partial charge in [0.15, 0.2) is 5.82 Å². The SMILES string of the molecule is Cn1ncnc1COC1CCC(N)C1. The Morgan fingerprint density at radius 3 is 3.07 bits per heavy atom. The third-order valence-corrected chi connectivity index (χ3v) is 2.68. The molecule has 2 unspecified atom stereocenters. The molecule has 1 heterocycles. The molecule has 0 radical (unpaired) electrons. The standard InChI is InChI=1S/C9H16N4O/c1-13-9(11-6-12-13)5-14-8-3-2-7(10)4-8/h6-8H,2-5,10H2,1H3. The second-order valence-corrected chi connectivity index (χ2v) is 3.81. The molecular weight excluding hydrogens is 180 g/mol. The highest BCUT2D eigenvalue weighted by Crippen LogP contribution is 2.20. The zero-order valence-corrected chi connectivity index (χ0v) is 8.39. The van der Waals surface area contributed by atoms with Crippen LogP contribution in [0.1, 0.15) is 25.1 Å². The highest BCUT2D eigenvalue weighted by atomic mass is 16.5. The second kappa shape index (κ2) is 4.06. The number of hydrogen-bond donors (Lipinski definition) is 1. The number of rotatable bonds is 3. The summed E-state index contributed by atoms with van der Waals surface area (Å²) in [6.45, 7) is 0.536. The summed E-state index contributed by atoms with van der Waals surface area (Å²) in [7, 11) is 1.87. The van der Waals surface area contributed by atoms with Gasteiger partial charge in [0.1, 0.15) is 12.9 Å². The molecule has 2 rings (SSSR count). The van der Waals surface area contributed by atoms with E-state index in [1.807, 2.05) is 7.05 Å². The maximum Gasteiger partial charge on any atom is 0.152 e. The van der Waals surface area contributed by atoms with Gasteiger partial charge in [-0.05, 0) is 19.3 Å². The lowest BCUT2D eigenvalue weighted by molar-refractivity contribution is 0.0393. The summed E-state index contributed by atoms with van der Waals surface area (Å²) in [6, 6.07) is 0.319. The Morgan fingerprint density at radius 1 is 1.64 bits per heavy atom. The molecule has 5 nitrogen and oxygen atoms in total. The van der Waals surface area contributed by atoms with E-state index in [0.29, 0.717) is 18.8 Å². The van der Waals surface area contributed by atoms with E-state index in [1.165, 1.54) is 0 Å². The molecule has 1 fully saturated rings. The lowest BCUT2D eigenvalue weighted by Crippen LogP contribution is -2.18. The Bertz CT molecular complexity index is 299. The van der Waals surface area contributed by atoms with Crippen LogP contribution in [0.5, 0.6) is 0 Å². The van der Waals surface area contributed by atoms with Crippen LogP contribution >= 0.6 is 0 Å². The zero-order valence-electron chi connectivity index (χ0n) is 8.39. The van der Waals surface area contributed by atoms with E-state index in [4.69, 9.17) is 10.5 Å². The molecule has 5 heteroatoms. The van der Waals surface area contributed by atoms with Crippen molar-refractivity contribution in [1.82, 2.24) is 14.8 Å². The first-order chi connectivity index (χ1) is 6.75. The summed E-state index contributed by atoms with van der Waals surface area (Å²) < 4.78 is 7.43. The predicted octanol–water partition coefficient (Wildman–Crippen LogP) is 0.211. The summed E-state index contributed by atoms with van der Waals surface area (Å²) in [5.41, 5.74) is 5.79. The molecule has 1 aliphatic rings. The first kappa shape index (κ1) is 9.61. The molecule has 1 saturated carbocycles. The van der Waals surface area contributed by atoms with Crippen molar-refractivity contribution in [2.75, 3.05) is 0 Å². The normalized spacial score (nSPS) is 27.0. The predicted molar refractivity (Wildman–Crippen MR) is 51.4 cm³/mol. The van der Waals surface area contributed by atoms with E-state index in [-0.39, 0.29) is 0 Å². The number of aryl methyl sites for hydroxylation is 1. The summed E-state index contributed by atoms with van der Waals surface area (Å²) in [5, 5.41) is 3.98. The van der Waals surface area contributed by atoms with Crippen LogP contribution in [0.25, 0.3) is 0 Å². The van der Waals surface area contributed by atoms with Crippen molar-refractivity contribution >= 4 is 0 Å². The van der Waals surface area contributed by atoms with Gasteiger partial charge in [0.05, 0.1) is 6.10 Å². The highest BCUT2D eigenvalue weighted by Gasteiger charge is 2.22. The van der Waals surface area contributed by atoms with Crippen LogP contribution in [0.3, 0.4) is 0 Å². The molecular formula is C9H16N4O. The smallest absolute Gasteiger partial charge is 0.152 e. The van der Waals surface area contributed by atoms with E-state index in [2.05, 4.69) is 10.1 Å². The van der Waals surface area contributed by atoms with Gasteiger partial charge in [-0.25, -0.2) is 4.98 Å². The molecule has 0 aromatic carbocycles. The molecule has 0 amide bonds. The Morgan fingerprint density at radius 2 is 2.50 bits per heavy atom. The van der Waals surface area contributed by atoms with Crippen LogP contribution in [-0.4, -0.2) is 26.9 Å². The monoisotopic (exact) mass is 196 g/mol. The second-order valence-electron chi connectivity index (χ2n) is 3.81. The Hall–Kier alpha value is -0.940. The van der Waals surface area contributed by atoms with Gasteiger partial charge in [-0.3, -0.25) is 4.68 Å². The zero-order chi connectivity index (χ0) is 9.97. The van der Waals surface area contributed by atoms with Crippen molar-refractivity contribution in [3.63, 3.8) is 0 Å². The average molecular weight is 196 g/mol. The number of nitrogens with two attached hydrogens (primary N) is 1. The fourth-order valence-electron chi connectivity index (χ4n) is 1.77. The molecule has 0 aliphatic heterocycles. The van der Waals surface area contributed by atoms with Crippen LogP contribution in [0.4, 0.5) is 0 Å². The van der Waals surface area contributed by atoms with Crippen LogP contribution in [0, 0.1) is 0 Å². The fourth-order valence-corrected chi connectivity index (χ4v) is 1.77. The van der Waals surface area contributed by atoms with Gasteiger partial charge in [0.2, 0.25) is 0 Å². The van der Waals surface area contributed by atoms with E-state index in [9.17, 15) is 0 Å². The summed E-state index contributed by atoms with van der Waals surface area (Å²) in [5.74, 6) is 0.866. The first-order valence-corrected chi connectivity index (χ1v) is 4.96. The van der Waals surface area contributed by atoms with E-state index < -0.39 is 0 Å². The quantitative estimate of drug-likeness (QED) is 0.750. The molecule has 1 aliphatic carbocycles. The van der Waals surface area contributed by atoms with Gasteiger partial charge in [0.25, 0.3) is 0 Å². The molecule has 0 bridgehead atoms. The molecule has 0 spiro atoms. The third kappa shape index (κ3) is 2.10. The van der Waals surface area contributed by atoms with Gasteiger partial charge < -0.3 is 10.5 Å². The van der Waals surface area contributed by atoms with Crippen LogP contribution < -0.4 is 5.73 Å². The molecule has 2 N–H and O–H groups in total. The summed E-state index contributed by atoms with van der Waals surface area (Å²) in [4.78, 5) is 4.09. The van der Waals surface area contributed by atoms with Gasteiger partial charge in [0, 0.05) is 13.1 Å². The molecule has 1 aromatic heterocycles. The van der Waals surface area contributed by atoms with Gasteiger partial charge in [-0.15, -0.1) is 0 Å². The Kier molecular flexibility index (Phi) is 2.79. The number of hydrogen-bond acceptors (Lipinski definition) is 4. The molecule has 1 aromatic rings. The van der Waals surface area contributed by atoms with E-state index in [0.717, 1.165) is 25.1 Å². The number of nitrogens with zero attached hydrogens (tertiary/aromatic N) is 3. The molecule has 0 saturated heterocycles. The minimum Gasteiger partial charge on any atom is -0.370 e. The molecule has 78 valence electrons. The molecule has 2 atom stereocenters. The summed E-state index contributed by atoms with van der Waals surface area (Å²) >= 11 is 0. The number of aromatic nitrogens is 3. The van der Waals surface area contributed by atoms with Crippen molar-refractivity contribution in [1.29, 1.82) is 0 Å².